The Labute approximate surface area is 156 Å². The zero-order chi connectivity index (χ0) is 19.4. The lowest BCUT2D eigenvalue weighted by Crippen LogP contribution is -2.20. The molecular weight excluding hydrogens is 344 g/mol. The van der Waals surface area contributed by atoms with Crippen LogP contribution in [-0.2, 0) is 16.0 Å². The molecule has 0 bridgehead atoms. The second kappa shape index (κ2) is 7.82. The first-order chi connectivity index (χ1) is 13.0. The maximum absolute atomic E-state index is 13.1. The largest absolute Gasteiger partial charge is 0.469 e. The van der Waals surface area contributed by atoms with Gasteiger partial charge in [-0.1, -0.05) is 24.3 Å². The molecule has 0 unspecified atom stereocenters. The van der Waals surface area contributed by atoms with Gasteiger partial charge in [-0.05, 0) is 37.6 Å². The number of nitrogens with zero attached hydrogens (tertiary/aromatic N) is 3. The molecule has 0 amide bonds. The number of H-pyrrole nitrogens is 1. The van der Waals surface area contributed by atoms with Crippen LogP contribution in [0.5, 0.6) is 0 Å². The van der Waals surface area contributed by atoms with Crippen LogP contribution in [0.4, 0.5) is 5.82 Å². The maximum atomic E-state index is 13.1. The molecule has 0 fully saturated rings. The minimum Gasteiger partial charge on any atom is -0.469 e. The number of aromatic nitrogens is 3. The molecule has 1 N–H and O–H groups in total. The van der Waals surface area contributed by atoms with Gasteiger partial charge in [-0.3, -0.25) is 14.7 Å². The quantitative estimate of drug-likeness (QED) is 0.557. The summed E-state index contributed by atoms with van der Waals surface area (Å²) in [5.74, 6) is 0.0883. The highest BCUT2D eigenvalue weighted by Crippen LogP contribution is 2.17. The second-order valence-corrected chi connectivity index (χ2v) is 6.04. The van der Waals surface area contributed by atoms with Crippen LogP contribution >= 0.6 is 0 Å². The highest BCUT2D eigenvalue weighted by molar-refractivity contribution is 6.01. The van der Waals surface area contributed by atoms with E-state index in [4.69, 9.17) is 4.74 Å². The van der Waals surface area contributed by atoms with Crippen LogP contribution in [-0.4, -0.2) is 33.6 Å². The third-order valence-electron chi connectivity index (χ3n) is 4.15. The fraction of sp³-hybridized carbons (Fsp3) is 0.200. The number of nitrogens with one attached hydrogen (secondary N) is 1. The summed E-state index contributed by atoms with van der Waals surface area (Å²) in [4.78, 5) is 33.6. The van der Waals surface area contributed by atoms with Crippen LogP contribution < -0.4 is 5.56 Å². The molecule has 3 rings (SSSR count). The van der Waals surface area contributed by atoms with Gasteiger partial charge >= 0.3 is 5.97 Å². The third kappa shape index (κ3) is 3.87. The molecule has 7 heteroatoms. The minimum atomic E-state index is -0.445. The molecule has 1 aromatic carbocycles. The van der Waals surface area contributed by atoms with Gasteiger partial charge in [0.05, 0.1) is 36.2 Å². The van der Waals surface area contributed by atoms with E-state index in [0.29, 0.717) is 28.5 Å². The summed E-state index contributed by atoms with van der Waals surface area (Å²) in [6, 6.07) is 12.9. The highest BCUT2D eigenvalue weighted by Gasteiger charge is 2.20. The zero-order valence-corrected chi connectivity index (χ0v) is 15.4. The summed E-state index contributed by atoms with van der Waals surface area (Å²) in [6.07, 6.45) is 1.59. The summed E-state index contributed by atoms with van der Waals surface area (Å²) in [6.45, 7) is 3.63. The van der Waals surface area contributed by atoms with Crippen molar-refractivity contribution < 1.29 is 9.53 Å². The molecule has 7 nitrogen and oxygen atoms in total. The van der Waals surface area contributed by atoms with E-state index in [2.05, 4.69) is 15.1 Å². The van der Waals surface area contributed by atoms with Crippen molar-refractivity contribution >= 4 is 17.5 Å². The highest BCUT2D eigenvalue weighted by atomic mass is 16.5. The molecule has 2 aromatic heterocycles. The Morgan fingerprint density at radius 1 is 1.22 bits per heavy atom. The number of methoxy groups -OCH3 is 1. The predicted molar refractivity (Wildman–Crippen MR) is 103 cm³/mol. The normalized spacial score (nSPS) is 11.4. The number of benzene rings is 1. The van der Waals surface area contributed by atoms with Gasteiger partial charge in [-0.25, -0.2) is 14.7 Å². The van der Waals surface area contributed by atoms with Gasteiger partial charge in [0.25, 0.3) is 5.56 Å². The van der Waals surface area contributed by atoms with E-state index in [1.807, 2.05) is 37.3 Å². The summed E-state index contributed by atoms with van der Waals surface area (Å²) in [5.41, 5.74) is 2.55. The molecule has 0 aliphatic heterocycles. The first kappa shape index (κ1) is 18.3. The van der Waals surface area contributed by atoms with Crippen LogP contribution in [0.15, 0.2) is 58.4 Å². The number of carbonyl (C=O) groups excluding carboxylic acids is 1. The Morgan fingerprint density at radius 2 is 1.96 bits per heavy atom. The molecule has 0 radical (unpaired) electrons. The molecule has 0 saturated carbocycles. The van der Waals surface area contributed by atoms with Crippen LogP contribution in [0.2, 0.25) is 0 Å². The molecule has 2 heterocycles. The Hall–Kier alpha value is -3.48. The van der Waals surface area contributed by atoms with Crippen LogP contribution in [0.3, 0.4) is 0 Å². The number of carbonyl (C=O) groups is 1. The van der Waals surface area contributed by atoms with Crippen LogP contribution in [0, 0.1) is 6.92 Å². The van der Waals surface area contributed by atoms with Gasteiger partial charge in [-0.15, -0.1) is 0 Å². The average Bonchev–Trinajstić information content (AvgIpc) is 3.00. The fourth-order valence-electron chi connectivity index (χ4n) is 2.77. The van der Waals surface area contributed by atoms with Crippen molar-refractivity contribution in [2.24, 2.45) is 4.99 Å². The van der Waals surface area contributed by atoms with Crippen molar-refractivity contribution in [1.82, 2.24) is 14.8 Å². The lowest BCUT2D eigenvalue weighted by atomic mass is 10.1. The number of para-hydroxylation sites is 1. The monoisotopic (exact) mass is 364 g/mol. The summed E-state index contributed by atoms with van der Waals surface area (Å²) >= 11 is 0. The molecule has 3 aromatic rings. The van der Waals surface area contributed by atoms with Crippen LogP contribution in [0.1, 0.15) is 23.7 Å². The van der Waals surface area contributed by atoms with E-state index >= 15 is 0 Å². The minimum absolute atomic E-state index is 0.0605. The number of hydrogen-bond donors (Lipinski definition) is 1. The first-order valence-corrected chi connectivity index (χ1v) is 8.44. The smallest absolute Gasteiger partial charge is 0.311 e. The Kier molecular flexibility index (Phi) is 5.30. The summed E-state index contributed by atoms with van der Waals surface area (Å²) in [5, 5.41) is 3.01. The zero-order valence-electron chi connectivity index (χ0n) is 15.4. The van der Waals surface area contributed by atoms with Gasteiger partial charge in [0, 0.05) is 6.20 Å². The predicted octanol–water partition coefficient (Wildman–Crippen LogP) is 2.73. The van der Waals surface area contributed by atoms with Crippen molar-refractivity contribution in [3.05, 3.63) is 75.8 Å². The summed E-state index contributed by atoms with van der Waals surface area (Å²) < 4.78 is 6.16. The molecule has 0 saturated heterocycles. The molecule has 27 heavy (non-hydrogen) atoms. The lowest BCUT2D eigenvalue weighted by molar-refractivity contribution is -0.139. The van der Waals surface area contributed by atoms with E-state index in [9.17, 15) is 9.59 Å². The number of hydrogen-bond acceptors (Lipinski definition) is 5. The van der Waals surface area contributed by atoms with Gasteiger partial charge in [0.1, 0.15) is 0 Å². The fourth-order valence-corrected chi connectivity index (χ4v) is 2.77. The molecular formula is C20H20N4O3. The van der Waals surface area contributed by atoms with Crippen molar-refractivity contribution in [3.63, 3.8) is 0 Å². The molecule has 0 spiro atoms. The van der Waals surface area contributed by atoms with Crippen molar-refractivity contribution in [2.75, 3.05) is 7.11 Å². The number of rotatable bonds is 5. The van der Waals surface area contributed by atoms with Crippen molar-refractivity contribution in [2.45, 2.75) is 20.3 Å². The molecule has 0 aliphatic rings. The molecule has 0 aliphatic carbocycles. The standard InChI is InChI=1S/C20H20N4O3/c1-13-8-7-11-21-19(13)22-14(2)18-16(12-17(25)27-3)23-24(20(18)26)15-9-5-4-6-10-15/h4-11,23H,12H2,1-3H3. The number of esters is 1. The Bertz CT molecular complexity index is 1050. The van der Waals surface area contributed by atoms with E-state index in [-0.39, 0.29) is 12.0 Å². The van der Waals surface area contributed by atoms with E-state index in [1.54, 1.807) is 25.3 Å². The van der Waals surface area contributed by atoms with Crippen molar-refractivity contribution in [3.8, 4) is 5.69 Å². The van der Waals surface area contributed by atoms with Gasteiger partial charge < -0.3 is 4.74 Å². The van der Waals surface area contributed by atoms with E-state index in [0.717, 1.165) is 5.56 Å². The van der Waals surface area contributed by atoms with E-state index in [1.165, 1.54) is 11.8 Å². The number of aliphatic imine (C=N–C) groups is 1. The van der Waals surface area contributed by atoms with Crippen molar-refractivity contribution in [1.29, 1.82) is 0 Å². The topological polar surface area (TPSA) is 89.3 Å². The summed E-state index contributed by atoms with van der Waals surface area (Å²) in [7, 11) is 1.31. The van der Waals surface area contributed by atoms with Gasteiger partial charge in [0.15, 0.2) is 5.82 Å². The third-order valence-corrected chi connectivity index (χ3v) is 4.15. The number of pyridine rings is 1. The average molecular weight is 364 g/mol. The SMILES string of the molecule is COC(=O)Cc1[nH]n(-c2ccccc2)c(=O)c1C(C)=Nc1ncccc1C. The number of aryl methyl sites for hydroxylation is 1. The Morgan fingerprint density at radius 3 is 2.63 bits per heavy atom. The van der Waals surface area contributed by atoms with E-state index < -0.39 is 5.97 Å². The molecule has 138 valence electrons. The first-order valence-electron chi connectivity index (χ1n) is 8.44. The Balaban J connectivity index is 2.15. The second-order valence-electron chi connectivity index (χ2n) is 6.04. The van der Waals surface area contributed by atoms with Gasteiger partial charge in [-0.2, -0.15) is 0 Å². The van der Waals surface area contributed by atoms with Crippen LogP contribution in [0.25, 0.3) is 5.69 Å². The van der Waals surface area contributed by atoms with Gasteiger partial charge in [0.2, 0.25) is 0 Å². The lowest BCUT2D eigenvalue weighted by Gasteiger charge is -2.03. The number of aromatic amines is 1. The number of ether oxygens (including phenoxy) is 1. The molecule has 0 atom stereocenters. The maximum Gasteiger partial charge on any atom is 0.311 e.